The summed E-state index contributed by atoms with van der Waals surface area (Å²) in [6, 6.07) is 4.58. The maximum atomic E-state index is 12.7. The predicted octanol–water partition coefficient (Wildman–Crippen LogP) is 0.801. The molecular weight excluding hydrogens is 354 g/mol. The molecule has 1 aromatic rings. The molecule has 1 aliphatic heterocycles. The second kappa shape index (κ2) is 8.15. The number of nitrogens with zero attached hydrogens (tertiary/aromatic N) is 2. The Kier molecular flexibility index (Phi) is 7.03. The molecule has 24 heavy (non-hydrogen) atoms. The van der Waals surface area contributed by atoms with E-state index in [-0.39, 0.29) is 35.0 Å². The Hall–Kier alpha value is -1.35. The zero-order valence-corrected chi connectivity index (χ0v) is 15.9. The van der Waals surface area contributed by atoms with Crippen LogP contribution in [0, 0.1) is 0 Å². The fraction of sp³-hybridized carbons (Fsp3) is 0.533. The van der Waals surface area contributed by atoms with Gasteiger partial charge in [-0.05, 0) is 25.1 Å². The average molecular weight is 378 g/mol. The lowest BCUT2D eigenvalue weighted by Gasteiger charge is -2.34. The van der Waals surface area contributed by atoms with Crippen molar-refractivity contribution in [2.75, 3.05) is 40.8 Å². The van der Waals surface area contributed by atoms with Crippen LogP contribution < -0.4 is 10.1 Å². The van der Waals surface area contributed by atoms with E-state index in [1.165, 1.54) is 33.3 Å². The van der Waals surface area contributed by atoms with Crippen molar-refractivity contribution in [2.24, 2.45) is 0 Å². The molecule has 1 fully saturated rings. The minimum absolute atomic E-state index is 0. The standard InChI is InChI=1S/C15H23N3O4S.ClH/c1-11-10-16-7-8-18(11)15(19)12-5-6-13(22-4)14(9-12)23(20,21)17(2)3;/h5-6,9,11,16H,7-8,10H2,1-4H3;1H/t11-;/m1./s1. The number of rotatable bonds is 4. The Morgan fingerprint density at radius 2 is 2.04 bits per heavy atom. The van der Waals surface area contributed by atoms with E-state index in [0.717, 1.165) is 17.4 Å². The van der Waals surface area contributed by atoms with E-state index in [4.69, 9.17) is 4.74 Å². The summed E-state index contributed by atoms with van der Waals surface area (Å²) in [5.41, 5.74) is 0.347. The third kappa shape index (κ3) is 4.00. The first-order chi connectivity index (χ1) is 10.8. The van der Waals surface area contributed by atoms with Crippen molar-refractivity contribution in [3.05, 3.63) is 23.8 Å². The van der Waals surface area contributed by atoms with E-state index in [1.54, 1.807) is 11.0 Å². The van der Waals surface area contributed by atoms with E-state index in [0.29, 0.717) is 12.1 Å². The van der Waals surface area contributed by atoms with E-state index < -0.39 is 10.0 Å². The molecule has 0 aromatic heterocycles. The van der Waals surface area contributed by atoms with Gasteiger partial charge in [-0.15, -0.1) is 12.4 Å². The van der Waals surface area contributed by atoms with Gasteiger partial charge in [0.2, 0.25) is 10.0 Å². The number of hydrogen-bond acceptors (Lipinski definition) is 5. The molecule has 0 unspecified atom stereocenters. The van der Waals surface area contributed by atoms with Crippen LogP contribution in [-0.2, 0) is 10.0 Å². The zero-order valence-electron chi connectivity index (χ0n) is 14.3. The largest absolute Gasteiger partial charge is 0.495 e. The molecule has 0 radical (unpaired) electrons. The molecular formula is C15H24ClN3O4S. The van der Waals surface area contributed by atoms with Crippen molar-refractivity contribution in [1.82, 2.24) is 14.5 Å². The lowest BCUT2D eigenvalue weighted by molar-refractivity contribution is 0.0655. The quantitative estimate of drug-likeness (QED) is 0.839. The van der Waals surface area contributed by atoms with Crippen LogP contribution in [-0.4, -0.2) is 70.4 Å². The van der Waals surface area contributed by atoms with E-state index in [1.807, 2.05) is 6.92 Å². The Bertz CT molecular complexity index is 694. The first kappa shape index (κ1) is 20.7. The van der Waals surface area contributed by atoms with E-state index in [9.17, 15) is 13.2 Å². The SMILES string of the molecule is COc1ccc(C(=O)N2CCNC[C@H]2C)cc1S(=O)(=O)N(C)C.Cl. The summed E-state index contributed by atoms with van der Waals surface area (Å²) in [4.78, 5) is 14.5. The van der Waals surface area contributed by atoms with Gasteiger partial charge in [-0.1, -0.05) is 0 Å². The highest BCUT2D eigenvalue weighted by Gasteiger charge is 2.27. The average Bonchev–Trinajstić information content (AvgIpc) is 2.53. The Balaban J connectivity index is 0.00000288. The van der Waals surface area contributed by atoms with Crippen LogP contribution in [0.3, 0.4) is 0 Å². The van der Waals surface area contributed by atoms with Gasteiger partial charge >= 0.3 is 0 Å². The topological polar surface area (TPSA) is 79.0 Å². The molecule has 136 valence electrons. The summed E-state index contributed by atoms with van der Waals surface area (Å²) in [6.45, 7) is 4.02. The molecule has 9 heteroatoms. The van der Waals surface area contributed by atoms with Crippen LogP contribution >= 0.6 is 12.4 Å². The number of piperazine rings is 1. The molecule has 1 atom stereocenters. The number of halogens is 1. The summed E-state index contributed by atoms with van der Waals surface area (Å²) >= 11 is 0. The Morgan fingerprint density at radius 3 is 2.58 bits per heavy atom. The van der Waals surface area contributed by atoms with Crippen molar-refractivity contribution < 1.29 is 17.9 Å². The molecule has 0 bridgehead atoms. The first-order valence-electron chi connectivity index (χ1n) is 7.41. The van der Waals surface area contributed by atoms with Crippen LogP contribution in [0.25, 0.3) is 0 Å². The van der Waals surface area contributed by atoms with Gasteiger partial charge in [0.1, 0.15) is 10.6 Å². The smallest absolute Gasteiger partial charge is 0.254 e. The van der Waals surface area contributed by atoms with Gasteiger partial charge in [0.05, 0.1) is 7.11 Å². The number of ether oxygens (including phenoxy) is 1. The lowest BCUT2D eigenvalue weighted by Crippen LogP contribution is -2.52. The Morgan fingerprint density at radius 1 is 1.38 bits per heavy atom. The van der Waals surface area contributed by atoms with Gasteiger partial charge in [0.25, 0.3) is 5.91 Å². The van der Waals surface area contributed by atoms with Crippen LogP contribution in [0.4, 0.5) is 0 Å². The maximum absolute atomic E-state index is 12.7. The molecule has 1 saturated heterocycles. The molecule has 0 saturated carbocycles. The highest BCUT2D eigenvalue weighted by Crippen LogP contribution is 2.27. The Labute approximate surface area is 149 Å². The minimum atomic E-state index is -3.69. The van der Waals surface area contributed by atoms with Gasteiger partial charge in [0.15, 0.2) is 0 Å². The summed E-state index contributed by atoms with van der Waals surface area (Å²) in [6.07, 6.45) is 0. The van der Waals surface area contributed by atoms with Crippen molar-refractivity contribution in [3.8, 4) is 5.75 Å². The minimum Gasteiger partial charge on any atom is -0.495 e. The molecule has 7 nitrogen and oxygen atoms in total. The van der Waals surface area contributed by atoms with E-state index in [2.05, 4.69) is 5.32 Å². The summed E-state index contributed by atoms with van der Waals surface area (Å²) in [7, 11) is 0.604. The number of carbonyl (C=O) groups excluding carboxylic acids is 1. The summed E-state index contributed by atoms with van der Waals surface area (Å²) in [5.74, 6) is 0.0560. The number of amides is 1. The second-order valence-electron chi connectivity index (χ2n) is 5.70. The molecule has 2 rings (SSSR count). The number of sulfonamides is 1. The summed E-state index contributed by atoms with van der Waals surface area (Å²) in [5, 5.41) is 3.22. The zero-order chi connectivity index (χ0) is 17.2. The van der Waals surface area contributed by atoms with E-state index >= 15 is 0 Å². The lowest BCUT2D eigenvalue weighted by atomic mass is 10.1. The molecule has 1 amide bonds. The monoisotopic (exact) mass is 377 g/mol. The van der Waals surface area contributed by atoms with Crippen LogP contribution in [0.1, 0.15) is 17.3 Å². The van der Waals surface area contributed by atoms with Gasteiger partial charge in [-0.25, -0.2) is 12.7 Å². The van der Waals surface area contributed by atoms with Gasteiger partial charge in [0, 0.05) is 45.3 Å². The summed E-state index contributed by atoms with van der Waals surface area (Å²) < 4.78 is 31.1. The maximum Gasteiger partial charge on any atom is 0.254 e. The van der Waals surface area contributed by atoms with Crippen LogP contribution in [0.5, 0.6) is 5.75 Å². The van der Waals surface area contributed by atoms with Crippen LogP contribution in [0.15, 0.2) is 23.1 Å². The number of methoxy groups -OCH3 is 1. The van der Waals surface area contributed by atoms with Crippen molar-refractivity contribution in [3.63, 3.8) is 0 Å². The third-order valence-corrected chi connectivity index (χ3v) is 5.77. The van der Waals surface area contributed by atoms with Crippen molar-refractivity contribution in [2.45, 2.75) is 17.9 Å². The van der Waals surface area contributed by atoms with Gasteiger partial charge in [-0.3, -0.25) is 4.79 Å². The first-order valence-corrected chi connectivity index (χ1v) is 8.85. The third-order valence-electron chi connectivity index (χ3n) is 3.93. The second-order valence-corrected chi connectivity index (χ2v) is 7.83. The number of nitrogens with one attached hydrogen (secondary N) is 1. The number of benzene rings is 1. The molecule has 0 aliphatic carbocycles. The molecule has 1 heterocycles. The fourth-order valence-electron chi connectivity index (χ4n) is 2.52. The molecule has 0 spiro atoms. The number of carbonyl (C=O) groups is 1. The molecule has 1 aliphatic rings. The highest BCUT2D eigenvalue weighted by atomic mass is 35.5. The number of hydrogen-bond donors (Lipinski definition) is 1. The van der Waals surface area contributed by atoms with Gasteiger partial charge in [-0.2, -0.15) is 0 Å². The molecule has 1 N–H and O–H groups in total. The fourth-order valence-corrected chi connectivity index (χ4v) is 3.59. The normalized spacial score (nSPS) is 18.2. The highest BCUT2D eigenvalue weighted by molar-refractivity contribution is 7.89. The molecule has 1 aromatic carbocycles. The predicted molar refractivity (Wildman–Crippen MR) is 94.5 cm³/mol. The van der Waals surface area contributed by atoms with Gasteiger partial charge < -0.3 is 15.0 Å². The van der Waals surface area contributed by atoms with Crippen molar-refractivity contribution >= 4 is 28.3 Å². The van der Waals surface area contributed by atoms with Crippen LogP contribution in [0.2, 0.25) is 0 Å². The van der Waals surface area contributed by atoms with Crippen molar-refractivity contribution in [1.29, 1.82) is 0 Å².